The summed E-state index contributed by atoms with van der Waals surface area (Å²) >= 11 is 0. The van der Waals surface area contributed by atoms with Gasteiger partial charge in [0.1, 0.15) is 11.9 Å². The van der Waals surface area contributed by atoms with Gasteiger partial charge in [0.05, 0.1) is 6.61 Å². The molecule has 2 heterocycles. The first-order valence-electron chi connectivity index (χ1n) is 15.5. The Balaban J connectivity index is 1.49. The highest BCUT2D eigenvalue weighted by atomic mass is 16.5. The maximum Gasteiger partial charge on any atom is 0.326 e. The van der Waals surface area contributed by atoms with Crippen molar-refractivity contribution in [2.24, 2.45) is 17.8 Å². The molecule has 2 amide bonds. The Morgan fingerprint density at radius 2 is 1.85 bits per heavy atom. The second-order valence-electron chi connectivity index (χ2n) is 12.5. The van der Waals surface area contributed by atoms with Crippen LogP contribution in [0.3, 0.4) is 0 Å². The van der Waals surface area contributed by atoms with Crippen molar-refractivity contribution in [3.05, 3.63) is 23.4 Å². The Morgan fingerprint density at radius 1 is 1.10 bits per heavy atom. The summed E-state index contributed by atoms with van der Waals surface area (Å²) in [6.07, 6.45) is 8.09. The summed E-state index contributed by atoms with van der Waals surface area (Å²) in [5.41, 5.74) is 2.43. The number of anilines is 1. The van der Waals surface area contributed by atoms with Crippen molar-refractivity contribution in [3.63, 3.8) is 0 Å². The van der Waals surface area contributed by atoms with Crippen molar-refractivity contribution in [2.75, 3.05) is 57.8 Å². The Hall–Kier alpha value is -2.39. The van der Waals surface area contributed by atoms with Crippen LogP contribution in [0.4, 0.5) is 10.6 Å². The number of rotatable bonds is 19. The Morgan fingerprint density at radius 3 is 2.52 bits per heavy atom. The number of hydrogen-bond acceptors (Lipinski definition) is 6. The van der Waals surface area contributed by atoms with Gasteiger partial charge >= 0.3 is 12.0 Å². The molecule has 0 aromatic carbocycles. The summed E-state index contributed by atoms with van der Waals surface area (Å²) in [4.78, 5) is 33.9. The lowest BCUT2D eigenvalue weighted by atomic mass is 10.1. The molecule has 226 valence electrons. The minimum absolute atomic E-state index is 0.291. The summed E-state index contributed by atoms with van der Waals surface area (Å²) in [5, 5.41) is 16.1. The molecule has 3 rings (SSSR count). The average molecular weight is 560 g/mol. The topological polar surface area (TPSA) is 107 Å². The standard InChI is InChI=1S/C31H53N5O4/c1-23(2)20-36(21-24(3)4)31(39)34-28(30(37)38)14-17-35(18-19-40-22-25-10-11-25)16-6-5-9-27-13-12-26-8-7-15-32-29(26)33-27/h12-13,23-25,28H,5-11,14-22H2,1-4H3,(H,32,33)(H,34,39)(H,37,38). The van der Waals surface area contributed by atoms with Gasteiger partial charge in [0.25, 0.3) is 0 Å². The number of unbranched alkanes of at least 4 members (excludes halogenated alkanes) is 1. The Labute approximate surface area is 241 Å². The predicted octanol–water partition coefficient (Wildman–Crippen LogP) is 4.66. The van der Waals surface area contributed by atoms with E-state index in [4.69, 9.17) is 9.72 Å². The van der Waals surface area contributed by atoms with Crippen LogP contribution in [-0.2, 0) is 22.4 Å². The van der Waals surface area contributed by atoms with E-state index in [0.717, 1.165) is 75.8 Å². The van der Waals surface area contributed by atoms with Gasteiger partial charge in [-0.15, -0.1) is 0 Å². The highest BCUT2D eigenvalue weighted by molar-refractivity contribution is 5.82. The molecule has 0 bridgehead atoms. The Bertz CT molecular complexity index is 911. The number of hydrogen-bond donors (Lipinski definition) is 3. The lowest BCUT2D eigenvalue weighted by molar-refractivity contribution is -0.139. The van der Waals surface area contributed by atoms with Crippen LogP contribution < -0.4 is 10.6 Å². The van der Waals surface area contributed by atoms with E-state index < -0.39 is 12.0 Å². The lowest BCUT2D eigenvalue weighted by Crippen LogP contribution is -2.50. The zero-order valence-corrected chi connectivity index (χ0v) is 25.3. The van der Waals surface area contributed by atoms with Crippen LogP contribution in [-0.4, -0.2) is 90.4 Å². The van der Waals surface area contributed by atoms with Gasteiger partial charge in [0, 0.05) is 45.0 Å². The van der Waals surface area contributed by atoms with Crippen LogP contribution in [0.5, 0.6) is 0 Å². The molecule has 1 saturated carbocycles. The molecule has 9 nitrogen and oxygen atoms in total. The minimum Gasteiger partial charge on any atom is -0.480 e. The molecule has 9 heteroatoms. The second-order valence-corrected chi connectivity index (χ2v) is 12.5. The molecule has 1 aliphatic heterocycles. The maximum absolute atomic E-state index is 13.0. The van der Waals surface area contributed by atoms with Gasteiger partial charge in [0.15, 0.2) is 0 Å². The third-order valence-electron chi connectivity index (χ3n) is 7.50. The molecule has 1 atom stereocenters. The second kappa shape index (κ2) is 16.8. The first-order chi connectivity index (χ1) is 19.2. The molecule has 1 unspecified atom stereocenters. The van der Waals surface area contributed by atoms with Crippen LogP contribution in [0.15, 0.2) is 12.1 Å². The number of pyridine rings is 1. The smallest absolute Gasteiger partial charge is 0.326 e. The summed E-state index contributed by atoms with van der Waals surface area (Å²) in [5.74, 6) is 1.40. The van der Waals surface area contributed by atoms with Gasteiger partial charge < -0.3 is 30.3 Å². The number of aromatic nitrogens is 1. The zero-order chi connectivity index (χ0) is 28.9. The van der Waals surface area contributed by atoms with E-state index in [1.54, 1.807) is 4.90 Å². The van der Waals surface area contributed by atoms with E-state index in [1.165, 1.54) is 18.4 Å². The number of carbonyl (C=O) groups is 2. The number of carboxylic acids is 1. The number of carbonyl (C=O) groups excluding carboxylic acids is 1. The average Bonchev–Trinajstić information content (AvgIpc) is 3.74. The van der Waals surface area contributed by atoms with Gasteiger partial charge in [0.2, 0.25) is 0 Å². The normalized spacial score (nSPS) is 15.7. The zero-order valence-electron chi connectivity index (χ0n) is 25.3. The number of urea groups is 1. The van der Waals surface area contributed by atoms with Crippen molar-refractivity contribution < 1.29 is 19.4 Å². The predicted molar refractivity (Wildman–Crippen MR) is 160 cm³/mol. The summed E-state index contributed by atoms with van der Waals surface area (Å²) in [7, 11) is 0. The molecule has 1 aliphatic carbocycles. The van der Waals surface area contributed by atoms with Gasteiger partial charge in [-0.3, -0.25) is 0 Å². The van der Waals surface area contributed by atoms with E-state index >= 15 is 0 Å². The summed E-state index contributed by atoms with van der Waals surface area (Å²) in [6, 6.07) is 3.15. The van der Waals surface area contributed by atoms with E-state index in [0.29, 0.717) is 44.5 Å². The van der Waals surface area contributed by atoms with Gasteiger partial charge in [-0.05, 0) is 87.3 Å². The molecule has 0 saturated heterocycles. The molecule has 2 aliphatic rings. The van der Waals surface area contributed by atoms with E-state index in [2.05, 4.69) is 55.4 Å². The SMILES string of the molecule is CC(C)CN(CC(C)C)C(=O)NC(CCN(CCCCc1ccc2c(n1)NCCC2)CCOCC1CC1)C(=O)O. The third-order valence-corrected chi connectivity index (χ3v) is 7.50. The first kappa shape index (κ1) is 32.1. The molecular weight excluding hydrogens is 506 g/mol. The third kappa shape index (κ3) is 12.0. The number of ether oxygens (including phenoxy) is 1. The molecule has 1 aromatic heterocycles. The van der Waals surface area contributed by atoms with Crippen molar-refractivity contribution in [1.82, 2.24) is 20.1 Å². The van der Waals surface area contributed by atoms with Crippen LogP contribution in [0.1, 0.15) is 77.5 Å². The molecule has 3 N–H and O–H groups in total. The van der Waals surface area contributed by atoms with Crippen molar-refractivity contribution in [2.45, 2.75) is 85.1 Å². The molecular formula is C31H53N5O4. The number of amides is 2. The number of nitrogens with zero attached hydrogens (tertiary/aromatic N) is 3. The highest BCUT2D eigenvalue weighted by Gasteiger charge is 2.25. The highest BCUT2D eigenvalue weighted by Crippen LogP contribution is 2.28. The summed E-state index contributed by atoms with van der Waals surface area (Å²) in [6.45, 7) is 14.2. The molecule has 1 aromatic rings. The van der Waals surface area contributed by atoms with Gasteiger partial charge in [-0.2, -0.15) is 0 Å². The van der Waals surface area contributed by atoms with Gasteiger partial charge in [-0.1, -0.05) is 33.8 Å². The largest absolute Gasteiger partial charge is 0.480 e. The van der Waals surface area contributed by atoms with Crippen molar-refractivity contribution in [1.29, 1.82) is 0 Å². The quantitative estimate of drug-likeness (QED) is 0.212. The molecule has 0 radical (unpaired) electrons. The number of fused-ring (bicyclic) bond motifs is 1. The number of carboxylic acid groups (broad SMARTS) is 1. The fraction of sp³-hybridized carbons (Fsp3) is 0.774. The van der Waals surface area contributed by atoms with Crippen molar-refractivity contribution in [3.8, 4) is 0 Å². The number of aryl methyl sites for hydroxylation is 2. The van der Waals surface area contributed by atoms with Gasteiger partial charge in [-0.25, -0.2) is 14.6 Å². The fourth-order valence-corrected chi connectivity index (χ4v) is 5.14. The van der Waals surface area contributed by atoms with Crippen LogP contribution >= 0.6 is 0 Å². The monoisotopic (exact) mass is 559 g/mol. The van der Waals surface area contributed by atoms with E-state index in [-0.39, 0.29) is 6.03 Å². The fourth-order valence-electron chi connectivity index (χ4n) is 5.14. The van der Waals surface area contributed by atoms with Crippen LogP contribution in [0.2, 0.25) is 0 Å². The molecule has 40 heavy (non-hydrogen) atoms. The van der Waals surface area contributed by atoms with Crippen molar-refractivity contribution >= 4 is 17.8 Å². The summed E-state index contributed by atoms with van der Waals surface area (Å²) < 4.78 is 5.89. The van der Waals surface area contributed by atoms with E-state index in [1.807, 2.05) is 0 Å². The van der Waals surface area contributed by atoms with E-state index in [9.17, 15) is 14.7 Å². The minimum atomic E-state index is -0.987. The Kier molecular flexibility index (Phi) is 13.5. The lowest BCUT2D eigenvalue weighted by Gasteiger charge is -2.29. The maximum atomic E-state index is 13.0. The molecule has 0 spiro atoms. The molecule has 1 fully saturated rings. The van der Waals surface area contributed by atoms with Crippen LogP contribution in [0, 0.1) is 17.8 Å². The number of aliphatic carboxylic acids is 1. The number of nitrogens with one attached hydrogen (secondary N) is 2. The first-order valence-corrected chi connectivity index (χ1v) is 15.5. The van der Waals surface area contributed by atoms with Crippen LogP contribution in [0.25, 0.3) is 0 Å².